The quantitative estimate of drug-likeness (QED) is 0.799. The minimum Gasteiger partial charge on any atom is -0.310 e. The van der Waals surface area contributed by atoms with Crippen molar-refractivity contribution >= 4 is 0 Å². The van der Waals surface area contributed by atoms with Crippen LogP contribution in [0.2, 0.25) is 0 Å². The van der Waals surface area contributed by atoms with Gasteiger partial charge in [-0.05, 0) is 24.7 Å². The molecule has 0 aliphatic heterocycles. The highest BCUT2D eigenvalue weighted by Crippen LogP contribution is 2.35. The van der Waals surface area contributed by atoms with Gasteiger partial charge < -0.3 is 5.32 Å². The number of hydrogen-bond donors (Lipinski definition) is 2. The molecule has 0 radical (unpaired) electrons. The Kier molecular flexibility index (Phi) is 3.10. The highest BCUT2D eigenvalue weighted by molar-refractivity contribution is 5.02. The highest BCUT2D eigenvalue weighted by atomic mass is 15.1. The number of aromatic nitrogens is 2. The van der Waals surface area contributed by atoms with E-state index in [1.807, 2.05) is 12.4 Å². The van der Waals surface area contributed by atoms with Crippen LogP contribution in [0.15, 0.2) is 12.4 Å². The summed E-state index contributed by atoms with van der Waals surface area (Å²) >= 11 is 0. The van der Waals surface area contributed by atoms with Crippen LogP contribution in [0.3, 0.4) is 0 Å². The molecule has 1 heterocycles. The molecule has 2 N–H and O–H groups in total. The maximum atomic E-state index is 3.95. The maximum Gasteiger partial charge on any atom is 0.0532 e. The number of hydrogen-bond acceptors (Lipinski definition) is 2. The second kappa shape index (κ2) is 4.35. The van der Waals surface area contributed by atoms with E-state index in [0.717, 1.165) is 6.54 Å². The molecule has 1 fully saturated rings. The second-order valence-corrected chi connectivity index (χ2v) is 5.44. The smallest absolute Gasteiger partial charge is 0.0532 e. The first kappa shape index (κ1) is 10.7. The van der Waals surface area contributed by atoms with Crippen LogP contribution >= 0.6 is 0 Å². The molecule has 1 aromatic heterocycles. The molecule has 1 unspecified atom stereocenters. The Bertz CT molecular complexity index is 290. The molecule has 3 nitrogen and oxygen atoms in total. The third-order valence-corrected chi connectivity index (χ3v) is 3.35. The average molecular weight is 207 g/mol. The Morgan fingerprint density at radius 1 is 1.60 bits per heavy atom. The third-order valence-electron chi connectivity index (χ3n) is 3.35. The van der Waals surface area contributed by atoms with E-state index in [9.17, 15) is 0 Å². The van der Waals surface area contributed by atoms with Gasteiger partial charge in [-0.25, -0.2) is 0 Å². The van der Waals surface area contributed by atoms with Crippen LogP contribution < -0.4 is 5.32 Å². The first-order valence-electron chi connectivity index (χ1n) is 5.87. The summed E-state index contributed by atoms with van der Waals surface area (Å²) in [6, 6.07) is 0.684. The lowest BCUT2D eigenvalue weighted by Crippen LogP contribution is -2.36. The van der Waals surface area contributed by atoms with Gasteiger partial charge in [-0.3, -0.25) is 5.10 Å². The predicted octanol–water partition coefficient (Wildman–Crippen LogP) is 2.47. The number of nitrogens with one attached hydrogen (secondary N) is 2. The van der Waals surface area contributed by atoms with Crippen molar-refractivity contribution in [3.63, 3.8) is 0 Å². The Morgan fingerprint density at radius 2 is 2.47 bits per heavy atom. The Labute approximate surface area is 91.7 Å². The fourth-order valence-electron chi connectivity index (χ4n) is 2.51. The summed E-state index contributed by atoms with van der Waals surface area (Å²) in [4.78, 5) is 0. The molecule has 3 heteroatoms. The maximum absolute atomic E-state index is 3.95. The van der Waals surface area contributed by atoms with Gasteiger partial charge in [-0.2, -0.15) is 5.10 Å². The van der Waals surface area contributed by atoms with Crippen molar-refractivity contribution in [1.29, 1.82) is 0 Å². The van der Waals surface area contributed by atoms with Crippen LogP contribution in [-0.2, 0) is 6.54 Å². The zero-order valence-electron chi connectivity index (χ0n) is 9.71. The van der Waals surface area contributed by atoms with E-state index in [0.29, 0.717) is 11.5 Å². The van der Waals surface area contributed by atoms with Gasteiger partial charge in [0.25, 0.3) is 0 Å². The van der Waals surface area contributed by atoms with E-state index in [4.69, 9.17) is 0 Å². The molecule has 15 heavy (non-hydrogen) atoms. The topological polar surface area (TPSA) is 40.7 Å². The molecule has 0 saturated heterocycles. The first-order chi connectivity index (χ1) is 7.16. The molecule has 1 aliphatic rings. The molecule has 84 valence electrons. The lowest BCUT2D eigenvalue weighted by atomic mass is 9.75. The zero-order valence-corrected chi connectivity index (χ0v) is 9.71. The molecular formula is C12H21N3. The summed E-state index contributed by atoms with van der Waals surface area (Å²) in [5, 5.41) is 10.4. The molecule has 0 amide bonds. The molecule has 1 aliphatic carbocycles. The Morgan fingerprint density at radius 3 is 3.13 bits per heavy atom. The third kappa shape index (κ3) is 3.06. The van der Waals surface area contributed by atoms with Gasteiger partial charge in [0.1, 0.15) is 0 Å². The number of H-pyrrole nitrogens is 1. The highest BCUT2D eigenvalue weighted by Gasteiger charge is 2.27. The minimum atomic E-state index is 0.520. The summed E-state index contributed by atoms with van der Waals surface area (Å²) in [6.45, 7) is 5.69. The number of aromatic amines is 1. The van der Waals surface area contributed by atoms with Gasteiger partial charge in [-0.1, -0.05) is 20.3 Å². The molecule has 2 rings (SSSR count). The monoisotopic (exact) mass is 207 g/mol. The Hall–Kier alpha value is -0.830. The van der Waals surface area contributed by atoms with Crippen molar-refractivity contribution in [3.05, 3.63) is 18.0 Å². The van der Waals surface area contributed by atoms with Gasteiger partial charge in [0.05, 0.1) is 6.20 Å². The van der Waals surface area contributed by atoms with E-state index in [1.54, 1.807) is 0 Å². The lowest BCUT2D eigenvalue weighted by Gasteiger charge is -2.35. The second-order valence-electron chi connectivity index (χ2n) is 5.44. The first-order valence-corrected chi connectivity index (χ1v) is 5.87. The largest absolute Gasteiger partial charge is 0.310 e. The number of rotatable bonds is 3. The van der Waals surface area contributed by atoms with E-state index in [1.165, 1.54) is 31.2 Å². The van der Waals surface area contributed by atoms with Crippen molar-refractivity contribution in [3.8, 4) is 0 Å². The van der Waals surface area contributed by atoms with Crippen molar-refractivity contribution in [2.75, 3.05) is 0 Å². The van der Waals surface area contributed by atoms with Gasteiger partial charge in [0, 0.05) is 24.3 Å². The molecule has 0 bridgehead atoms. The fraction of sp³-hybridized carbons (Fsp3) is 0.750. The van der Waals surface area contributed by atoms with Crippen molar-refractivity contribution in [2.24, 2.45) is 5.41 Å². The molecule has 0 spiro atoms. The molecule has 0 aromatic carbocycles. The van der Waals surface area contributed by atoms with Crippen LogP contribution in [0.5, 0.6) is 0 Å². The van der Waals surface area contributed by atoms with Crippen LogP contribution in [-0.4, -0.2) is 16.2 Å². The van der Waals surface area contributed by atoms with Crippen LogP contribution in [0, 0.1) is 5.41 Å². The van der Waals surface area contributed by atoms with Gasteiger partial charge in [0.2, 0.25) is 0 Å². The van der Waals surface area contributed by atoms with E-state index >= 15 is 0 Å². The van der Waals surface area contributed by atoms with E-state index < -0.39 is 0 Å². The fourth-order valence-corrected chi connectivity index (χ4v) is 2.51. The van der Waals surface area contributed by atoms with Crippen LogP contribution in [0.1, 0.15) is 45.1 Å². The van der Waals surface area contributed by atoms with Crippen molar-refractivity contribution in [1.82, 2.24) is 15.5 Å². The minimum absolute atomic E-state index is 0.520. The summed E-state index contributed by atoms with van der Waals surface area (Å²) < 4.78 is 0. The number of nitrogens with zero attached hydrogens (tertiary/aromatic N) is 1. The SMILES string of the molecule is CC1(C)CCCC(NCc2cn[nH]c2)C1. The van der Waals surface area contributed by atoms with Gasteiger partial charge in [0.15, 0.2) is 0 Å². The summed E-state index contributed by atoms with van der Waals surface area (Å²) in [6.07, 6.45) is 9.20. The summed E-state index contributed by atoms with van der Waals surface area (Å²) in [7, 11) is 0. The molecule has 1 atom stereocenters. The molecular weight excluding hydrogens is 186 g/mol. The van der Waals surface area contributed by atoms with Crippen molar-refractivity contribution in [2.45, 2.75) is 52.1 Å². The van der Waals surface area contributed by atoms with E-state index in [-0.39, 0.29) is 0 Å². The predicted molar refractivity (Wildman–Crippen MR) is 61.5 cm³/mol. The average Bonchev–Trinajstić information content (AvgIpc) is 2.65. The molecule has 1 saturated carbocycles. The van der Waals surface area contributed by atoms with E-state index in [2.05, 4.69) is 29.4 Å². The van der Waals surface area contributed by atoms with Crippen molar-refractivity contribution < 1.29 is 0 Å². The van der Waals surface area contributed by atoms with Gasteiger partial charge in [-0.15, -0.1) is 0 Å². The van der Waals surface area contributed by atoms with Crippen LogP contribution in [0.4, 0.5) is 0 Å². The molecule has 1 aromatic rings. The standard InChI is InChI=1S/C12H21N3/c1-12(2)5-3-4-11(6-12)13-7-10-8-14-15-9-10/h8-9,11,13H,3-7H2,1-2H3,(H,14,15). The van der Waals surface area contributed by atoms with Gasteiger partial charge >= 0.3 is 0 Å². The van der Waals surface area contributed by atoms with Crippen LogP contribution in [0.25, 0.3) is 0 Å². The zero-order chi connectivity index (χ0) is 10.7. The summed E-state index contributed by atoms with van der Waals surface area (Å²) in [5.41, 5.74) is 1.77. The normalized spacial score (nSPS) is 25.3. The summed E-state index contributed by atoms with van der Waals surface area (Å²) in [5.74, 6) is 0. The Balaban J connectivity index is 1.80. The lowest BCUT2D eigenvalue weighted by molar-refractivity contribution is 0.198.